The van der Waals surface area contributed by atoms with Crippen molar-refractivity contribution in [2.75, 3.05) is 26.8 Å². The molecule has 0 amide bonds. The Labute approximate surface area is 114 Å². The van der Waals surface area contributed by atoms with Crippen molar-refractivity contribution in [3.8, 4) is 0 Å². The molecule has 1 N–H and O–H groups in total. The van der Waals surface area contributed by atoms with Crippen LogP contribution >= 0.6 is 0 Å². The topological polar surface area (TPSA) is 21.3 Å². The molecule has 1 aliphatic carbocycles. The minimum Gasteiger partial charge on any atom is -0.383 e. The highest BCUT2D eigenvalue weighted by atomic mass is 16.5. The van der Waals surface area contributed by atoms with E-state index < -0.39 is 0 Å². The lowest BCUT2D eigenvalue weighted by atomic mass is 9.70. The Hall–Kier alpha value is -0.0800. The molecule has 18 heavy (non-hydrogen) atoms. The van der Waals surface area contributed by atoms with E-state index in [1.165, 1.54) is 51.4 Å². The van der Waals surface area contributed by atoms with Crippen molar-refractivity contribution < 1.29 is 4.74 Å². The lowest BCUT2D eigenvalue weighted by molar-refractivity contribution is 0.135. The number of nitrogens with one attached hydrogen (secondary N) is 1. The van der Waals surface area contributed by atoms with Crippen LogP contribution < -0.4 is 5.32 Å². The number of methoxy groups -OCH3 is 1. The normalized spacial score (nSPS) is 21.5. The van der Waals surface area contributed by atoms with Gasteiger partial charge in [0.2, 0.25) is 0 Å². The van der Waals surface area contributed by atoms with E-state index in [1.807, 2.05) is 0 Å². The molecule has 108 valence electrons. The smallest absolute Gasteiger partial charge is 0.0587 e. The van der Waals surface area contributed by atoms with Crippen molar-refractivity contribution in [2.45, 2.75) is 65.2 Å². The Morgan fingerprint density at radius 1 is 1.17 bits per heavy atom. The zero-order valence-corrected chi connectivity index (χ0v) is 12.8. The third-order valence-corrected chi connectivity index (χ3v) is 4.67. The molecule has 0 spiro atoms. The maximum Gasteiger partial charge on any atom is 0.0587 e. The van der Waals surface area contributed by atoms with Gasteiger partial charge in [0.15, 0.2) is 0 Å². The van der Waals surface area contributed by atoms with E-state index >= 15 is 0 Å². The fourth-order valence-corrected chi connectivity index (χ4v) is 3.53. The molecular formula is C16H33NO. The number of ether oxygens (including phenoxy) is 1. The minimum absolute atomic E-state index is 0.493. The lowest BCUT2D eigenvalue weighted by Gasteiger charge is -2.38. The van der Waals surface area contributed by atoms with E-state index in [2.05, 4.69) is 19.2 Å². The van der Waals surface area contributed by atoms with Crippen LogP contribution in [0.15, 0.2) is 0 Å². The summed E-state index contributed by atoms with van der Waals surface area (Å²) in [6.45, 7) is 7.81. The van der Waals surface area contributed by atoms with Crippen molar-refractivity contribution in [3.63, 3.8) is 0 Å². The second-order valence-electron chi connectivity index (χ2n) is 6.26. The average Bonchev–Trinajstić information content (AvgIpc) is 2.64. The van der Waals surface area contributed by atoms with Crippen LogP contribution in [-0.2, 0) is 4.74 Å². The molecule has 0 aromatic rings. The largest absolute Gasteiger partial charge is 0.383 e. The van der Waals surface area contributed by atoms with Crippen LogP contribution in [-0.4, -0.2) is 26.8 Å². The van der Waals surface area contributed by atoms with Gasteiger partial charge in [-0.15, -0.1) is 0 Å². The second-order valence-corrected chi connectivity index (χ2v) is 6.26. The zero-order chi connectivity index (χ0) is 13.3. The molecule has 1 rings (SSSR count). The molecule has 0 radical (unpaired) electrons. The van der Waals surface area contributed by atoms with Gasteiger partial charge in [-0.05, 0) is 30.6 Å². The molecule has 0 aliphatic heterocycles. The summed E-state index contributed by atoms with van der Waals surface area (Å²) >= 11 is 0. The van der Waals surface area contributed by atoms with Gasteiger partial charge in [0.1, 0.15) is 0 Å². The predicted molar refractivity (Wildman–Crippen MR) is 79.0 cm³/mol. The summed E-state index contributed by atoms with van der Waals surface area (Å²) in [5, 5.41) is 3.60. The molecule has 2 heteroatoms. The predicted octanol–water partition coefficient (Wildman–Crippen LogP) is 4.00. The highest BCUT2D eigenvalue weighted by Crippen LogP contribution is 2.40. The highest BCUT2D eigenvalue weighted by molar-refractivity contribution is 4.85. The first-order valence-electron chi connectivity index (χ1n) is 7.92. The van der Waals surface area contributed by atoms with Gasteiger partial charge in [-0.25, -0.2) is 0 Å². The summed E-state index contributed by atoms with van der Waals surface area (Å²) in [4.78, 5) is 0. The van der Waals surface area contributed by atoms with Crippen LogP contribution in [0.25, 0.3) is 0 Å². The maximum atomic E-state index is 5.12. The average molecular weight is 255 g/mol. The molecule has 0 aromatic heterocycles. The van der Waals surface area contributed by atoms with Gasteiger partial charge >= 0.3 is 0 Å². The van der Waals surface area contributed by atoms with Gasteiger partial charge < -0.3 is 10.1 Å². The summed E-state index contributed by atoms with van der Waals surface area (Å²) < 4.78 is 5.12. The molecule has 1 atom stereocenters. The summed E-state index contributed by atoms with van der Waals surface area (Å²) in [7, 11) is 1.78. The SMILES string of the molecule is CCCC(C)(CNCCOC)C1CCCCCC1. The first kappa shape index (κ1) is 16.0. The van der Waals surface area contributed by atoms with E-state index in [0.29, 0.717) is 5.41 Å². The second kappa shape index (κ2) is 8.92. The molecule has 0 heterocycles. The molecule has 1 fully saturated rings. The lowest BCUT2D eigenvalue weighted by Crippen LogP contribution is -2.39. The monoisotopic (exact) mass is 255 g/mol. The number of hydrogen-bond acceptors (Lipinski definition) is 2. The minimum atomic E-state index is 0.493. The fraction of sp³-hybridized carbons (Fsp3) is 1.00. The Balaban J connectivity index is 2.47. The van der Waals surface area contributed by atoms with E-state index in [4.69, 9.17) is 4.74 Å². The van der Waals surface area contributed by atoms with Gasteiger partial charge in [-0.1, -0.05) is 46.0 Å². The van der Waals surface area contributed by atoms with Crippen molar-refractivity contribution in [2.24, 2.45) is 11.3 Å². The van der Waals surface area contributed by atoms with Gasteiger partial charge in [0.05, 0.1) is 6.61 Å². The zero-order valence-electron chi connectivity index (χ0n) is 12.8. The Morgan fingerprint density at radius 2 is 1.83 bits per heavy atom. The Kier molecular flexibility index (Phi) is 7.92. The first-order valence-corrected chi connectivity index (χ1v) is 7.92. The van der Waals surface area contributed by atoms with Crippen LogP contribution in [0.1, 0.15) is 65.2 Å². The number of rotatable bonds is 8. The fourth-order valence-electron chi connectivity index (χ4n) is 3.53. The van der Waals surface area contributed by atoms with E-state index in [9.17, 15) is 0 Å². The molecule has 0 bridgehead atoms. The van der Waals surface area contributed by atoms with Crippen LogP contribution in [0, 0.1) is 11.3 Å². The van der Waals surface area contributed by atoms with Crippen molar-refractivity contribution in [3.05, 3.63) is 0 Å². The Bertz CT molecular complexity index is 199. The third kappa shape index (κ3) is 5.27. The summed E-state index contributed by atoms with van der Waals surface area (Å²) in [6.07, 6.45) is 11.4. The maximum absolute atomic E-state index is 5.12. The van der Waals surface area contributed by atoms with Gasteiger partial charge in [-0.3, -0.25) is 0 Å². The van der Waals surface area contributed by atoms with Crippen LogP contribution in [0.5, 0.6) is 0 Å². The standard InChI is InChI=1S/C16H33NO/c1-4-11-16(2,14-17-12-13-18-3)15-9-7-5-6-8-10-15/h15,17H,4-14H2,1-3H3. The quantitative estimate of drug-likeness (QED) is 0.523. The van der Waals surface area contributed by atoms with Crippen LogP contribution in [0.3, 0.4) is 0 Å². The molecule has 1 saturated carbocycles. The van der Waals surface area contributed by atoms with E-state index in [-0.39, 0.29) is 0 Å². The summed E-state index contributed by atoms with van der Waals surface area (Å²) in [5.41, 5.74) is 0.493. The molecule has 2 nitrogen and oxygen atoms in total. The summed E-state index contributed by atoms with van der Waals surface area (Å²) in [5.74, 6) is 0.926. The van der Waals surface area contributed by atoms with Crippen molar-refractivity contribution in [1.82, 2.24) is 5.32 Å². The molecular weight excluding hydrogens is 222 g/mol. The van der Waals surface area contributed by atoms with Crippen molar-refractivity contribution in [1.29, 1.82) is 0 Å². The molecule has 1 unspecified atom stereocenters. The molecule has 0 saturated heterocycles. The van der Waals surface area contributed by atoms with Gasteiger partial charge in [-0.2, -0.15) is 0 Å². The van der Waals surface area contributed by atoms with Gasteiger partial charge in [0, 0.05) is 20.2 Å². The number of hydrogen-bond donors (Lipinski definition) is 1. The first-order chi connectivity index (χ1) is 8.73. The van der Waals surface area contributed by atoms with E-state index in [1.54, 1.807) is 7.11 Å². The van der Waals surface area contributed by atoms with E-state index in [0.717, 1.165) is 25.6 Å². The molecule has 0 aromatic carbocycles. The van der Waals surface area contributed by atoms with Crippen LogP contribution in [0.2, 0.25) is 0 Å². The Morgan fingerprint density at radius 3 is 2.39 bits per heavy atom. The molecule has 1 aliphatic rings. The van der Waals surface area contributed by atoms with Crippen molar-refractivity contribution >= 4 is 0 Å². The summed E-state index contributed by atoms with van der Waals surface area (Å²) in [6, 6.07) is 0. The highest BCUT2D eigenvalue weighted by Gasteiger charge is 2.32. The van der Waals surface area contributed by atoms with Gasteiger partial charge in [0.25, 0.3) is 0 Å². The van der Waals surface area contributed by atoms with Crippen LogP contribution in [0.4, 0.5) is 0 Å². The third-order valence-electron chi connectivity index (χ3n) is 4.67.